The zero-order chi connectivity index (χ0) is 14.8. The molecule has 1 saturated carbocycles. The Balaban J connectivity index is 1.78. The highest BCUT2D eigenvalue weighted by molar-refractivity contribution is 5.84. The molecule has 0 radical (unpaired) electrons. The van der Waals surface area contributed by atoms with Crippen LogP contribution < -0.4 is 5.32 Å². The van der Waals surface area contributed by atoms with Crippen LogP contribution in [-0.2, 0) is 4.79 Å². The number of hydrogen-bond donors (Lipinski definition) is 1. The van der Waals surface area contributed by atoms with E-state index in [0.717, 1.165) is 37.3 Å². The number of amides is 1. The van der Waals surface area contributed by atoms with Gasteiger partial charge >= 0.3 is 0 Å². The summed E-state index contributed by atoms with van der Waals surface area (Å²) in [6.45, 7) is 2.86. The van der Waals surface area contributed by atoms with E-state index in [9.17, 15) is 9.18 Å². The Bertz CT molecular complexity index is 515. The Hall–Kier alpha value is -1.42. The second kappa shape index (κ2) is 6.14. The molecule has 1 aromatic carbocycles. The van der Waals surface area contributed by atoms with Crippen molar-refractivity contribution in [2.75, 3.05) is 6.54 Å². The van der Waals surface area contributed by atoms with Crippen molar-refractivity contribution in [3.63, 3.8) is 0 Å². The molecule has 114 valence electrons. The number of nitrogens with zero attached hydrogens (tertiary/aromatic N) is 1. The molecule has 1 aliphatic heterocycles. The molecule has 0 aromatic heterocycles. The fourth-order valence-corrected chi connectivity index (χ4v) is 3.10. The second-order valence-electron chi connectivity index (χ2n) is 6.23. The Morgan fingerprint density at radius 2 is 2.14 bits per heavy atom. The molecular formula is C17H23FN2O. The first-order valence-corrected chi connectivity index (χ1v) is 8.01. The van der Waals surface area contributed by atoms with Gasteiger partial charge in [0.15, 0.2) is 0 Å². The van der Waals surface area contributed by atoms with Crippen molar-refractivity contribution in [2.45, 2.75) is 51.2 Å². The van der Waals surface area contributed by atoms with Crippen molar-refractivity contribution >= 4 is 5.91 Å². The van der Waals surface area contributed by atoms with Crippen LogP contribution in [0.15, 0.2) is 24.3 Å². The number of carbonyl (C=O) groups is 1. The zero-order valence-electron chi connectivity index (χ0n) is 12.5. The van der Waals surface area contributed by atoms with Gasteiger partial charge in [0.25, 0.3) is 0 Å². The maximum Gasteiger partial charge on any atom is 0.241 e. The van der Waals surface area contributed by atoms with Gasteiger partial charge in [-0.1, -0.05) is 38.3 Å². The summed E-state index contributed by atoms with van der Waals surface area (Å²) in [5.41, 5.74) is 0.845. The van der Waals surface area contributed by atoms with E-state index in [2.05, 4.69) is 12.2 Å². The highest BCUT2D eigenvalue weighted by atomic mass is 19.1. The molecule has 1 aromatic rings. The standard InChI is InChI=1S/C17H23FN2O/c1-2-4-15-17(21)20(10-9-12-7-8-12)16(19-15)13-5-3-6-14(18)11-13/h3,5-6,11-12,15-16,19H,2,4,7-10H2,1H3. The average molecular weight is 290 g/mol. The fourth-order valence-electron chi connectivity index (χ4n) is 3.10. The van der Waals surface area contributed by atoms with E-state index >= 15 is 0 Å². The van der Waals surface area contributed by atoms with Crippen molar-refractivity contribution in [2.24, 2.45) is 5.92 Å². The maximum absolute atomic E-state index is 13.5. The van der Waals surface area contributed by atoms with Crippen LogP contribution in [0.2, 0.25) is 0 Å². The van der Waals surface area contributed by atoms with Gasteiger partial charge in [-0.3, -0.25) is 10.1 Å². The molecule has 2 fully saturated rings. The van der Waals surface area contributed by atoms with Gasteiger partial charge in [0.2, 0.25) is 5.91 Å². The van der Waals surface area contributed by atoms with Crippen molar-refractivity contribution in [3.05, 3.63) is 35.6 Å². The quantitative estimate of drug-likeness (QED) is 0.872. The number of hydrogen-bond acceptors (Lipinski definition) is 2. The average Bonchev–Trinajstić information content (AvgIpc) is 3.24. The van der Waals surface area contributed by atoms with Crippen molar-refractivity contribution < 1.29 is 9.18 Å². The smallest absolute Gasteiger partial charge is 0.241 e. The molecule has 21 heavy (non-hydrogen) atoms. The Kier molecular flexibility index (Phi) is 4.24. The van der Waals surface area contributed by atoms with Gasteiger partial charge in [0.05, 0.1) is 6.04 Å². The Morgan fingerprint density at radius 1 is 1.33 bits per heavy atom. The minimum absolute atomic E-state index is 0.123. The van der Waals surface area contributed by atoms with Gasteiger partial charge in [-0.05, 0) is 36.5 Å². The second-order valence-corrected chi connectivity index (χ2v) is 6.23. The summed E-state index contributed by atoms with van der Waals surface area (Å²) in [5.74, 6) is 0.714. The molecule has 1 amide bonds. The Labute approximate surface area is 125 Å². The van der Waals surface area contributed by atoms with Gasteiger partial charge in [-0.15, -0.1) is 0 Å². The first kappa shape index (κ1) is 14.5. The van der Waals surface area contributed by atoms with Gasteiger partial charge < -0.3 is 4.90 Å². The number of carbonyl (C=O) groups excluding carboxylic acids is 1. The molecule has 2 aliphatic rings. The van der Waals surface area contributed by atoms with E-state index in [4.69, 9.17) is 0 Å². The summed E-state index contributed by atoms with van der Waals surface area (Å²) in [4.78, 5) is 14.5. The summed E-state index contributed by atoms with van der Waals surface area (Å²) >= 11 is 0. The lowest BCUT2D eigenvalue weighted by molar-refractivity contribution is -0.130. The van der Waals surface area contributed by atoms with Crippen LogP contribution in [0.4, 0.5) is 4.39 Å². The van der Waals surface area contributed by atoms with Crippen LogP contribution in [0, 0.1) is 11.7 Å². The number of benzene rings is 1. The predicted octanol–water partition coefficient (Wildman–Crippen LogP) is 3.22. The molecule has 1 N–H and O–H groups in total. The minimum atomic E-state index is -0.247. The summed E-state index contributed by atoms with van der Waals surface area (Å²) in [5, 5.41) is 3.39. The molecule has 2 unspecified atom stereocenters. The summed E-state index contributed by atoms with van der Waals surface area (Å²) in [6.07, 6.45) is 5.28. The molecule has 0 bridgehead atoms. The highest BCUT2D eigenvalue weighted by Gasteiger charge is 2.39. The topological polar surface area (TPSA) is 32.3 Å². The van der Waals surface area contributed by atoms with Gasteiger partial charge in [-0.25, -0.2) is 4.39 Å². The molecule has 1 saturated heterocycles. The van der Waals surface area contributed by atoms with Crippen molar-refractivity contribution in [3.8, 4) is 0 Å². The normalized spacial score (nSPS) is 25.6. The van der Waals surface area contributed by atoms with Gasteiger partial charge in [0.1, 0.15) is 12.0 Å². The van der Waals surface area contributed by atoms with E-state index in [1.54, 1.807) is 6.07 Å². The largest absolute Gasteiger partial charge is 0.322 e. The molecule has 0 spiro atoms. The lowest BCUT2D eigenvalue weighted by Crippen LogP contribution is -2.32. The Morgan fingerprint density at radius 3 is 2.81 bits per heavy atom. The maximum atomic E-state index is 13.5. The van der Waals surface area contributed by atoms with E-state index in [-0.39, 0.29) is 23.9 Å². The highest BCUT2D eigenvalue weighted by Crippen LogP contribution is 2.35. The summed E-state index contributed by atoms with van der Waals surface area (Å²) in [7, 11) is 0. The molecule has 1 heterocycles. The van der Waals surface area contributed by atoms with Gasteiger partial charge in [-0.2, -0.15) is 0 Å². The molecular weight excluding hydrogens is 267 g/mol. The van der Waals surface area contributed by atoms with E-state index < -0.39 is 0 Å². The van der Waals surface area contributed by atoms with Crippen LogP contribution in [0.1, 0.15) is 50.8 Å². The molecule has 4 heteroatoms. The lowest BCUT2D eigenvalue weighted by Gasteiger charge is -2.24. The van der Waals surface area contributed by atoms with Gasteiger partial charge in [0, 0.05) is 6.54 Å². The SMILES string of the molecule is CCCC1NC(c2cccc(F)c2)N(CCC2CC2)C1=O. The first-order valence-electron chi connectivity index (χ1n) is 8.01. The van der Waals surface area contributed by atoms with Crippen molar-refractivity contribution in [1.29, 1.82) is 0 Å². The fraction of sp³-hybridized carbons (Fsp3) is 0.588. The van der Waals surface area contributed by atoms with Crippen LogP contribution in [0.25, 0.3) is 0 Å². The summed E-state index contributed by atoms with van der Waals surface area (Å²) < 4.78 is 13.5. The monoisotopic (exact) mass is 290 g/mol. The third-order valence-electron chi connectivity index (χ3n) is 4.47. The van der Waals surface area contributed by atoms with E-state index in [1.165, 1.54) is 25.0 Å². The number of halogens is 1. The van der Waals surface area contributed by atoms with E-state index in [1.807, 2.05) is 11.0 Å². The van der Waals surface area contributed by atoms with Crippen molar-refractivity contribution in [1.82, 2.24) is 10.2 Å². The third kappa shape index (κ3) is 3.26. The van der Waals surface area contributed by atoms with Crippen LogP contribution in [0.3, 0.4) is 0 Å². The lowest BCUT2D eigenvalue weighted by atomic mass is 10.1. The summed E-state index contributed by atoms with van der Waals surface area (Å²) in [6, 6.07) is 6.46. The minimum Gasteiger partial charge on any atom is -0.322 e. The van der Waals surface area contributed by atoms with Crippen LogP contribution >= 0.6 is 0 Å². The number of rotatable bonds is 6. The number of nitrogens with one attached hydrogen (secondary N) is 1. The molecule has 3 nitrogen and oxygen atoms in total. The van der Waals surface area contributed by atoms with Crippen LogP contribution in [0.5, 0.6) is 0 Å². The van der Waals surface area contributed by atoms with E-state index in [0.29, 0.717) is 0 Å². The first-order chi connectivity index (χ1) is 10.2. The molecule has 2 atom stereocenters. The third-order valence-corrected chi connectivity index (χ3v) is 4.47. The molecule has 3 rings (SSSR count). The van der Waals surface area contributed by atoms with Crippen LogP contribution in [-0.4, -0.2) is 23.4 Å². The zero-order valence-corrected chi connectivity index (χ0v) is 12.5. The molecule has 1 aliphatic carbocycles. The predicted molar refractivity (Wildman–Crippen MR) is 80.0 cm³/mol.